The number of thioether (sulfide) groups is 1. The lowest BCUT2D eigenvalue weighted by molar-refractivity contribution is 0.669. The molecule has 0 saturated carbocycles. The molecule has 0 bridgehead atoms. The van der Waals surface area contributed by atoms with Crippen molar-refractivity contribution in [3.63, 3.8) is 0 Å². The van der Waals surface area contributed by atoms with Crippen LogP contribution in [-0.2, 0) is 0 Å². The van der Waals surface area contributed by atoms with Gasteiger partial charge in [-0.3, -0.25) is 0 Å². The summed E-state index contributed by atoms with van der Waals surface area (Å²) in [5.41, 5.74) is 1.11. The van der Waals surface area contributed by atoms with Crippen molar-refractivity contribution < 1.29 is 0 Å². The van der Waals surface area contributed by atoms with E-state index in [1.807, 2.05) is 6.07 Å². The predicted octanol–water partition coefficient (Wildman–Crippen LogP) is 3.60. The maximum absolute atomic E-state index is 4.46. The molecule has 1 aromatic heterocycles. The highest BCUT2D eigenvalue weighted by atomic mass is 32.2. The molecule has 2 nitrogen and oxygen atoms in total. The van der Waals surface area contributed by atoms with Crippen molar-refractivity contribution in [3.8, 4) is 0 Å². The van der Waals surface area contributed by atoms with Gasteiger partial charge in [-0.2, -0.15) is 16.1 Å². The van der Waals surface area contributed by atoms with Gasteiger partial charge in [-0.1, -0.05) is 12.1 Å². The Hall–Kier alpha value is -0.740. The fraction of sp³-hybridized carbons (Fsp3) is 0.417. The van der Waals surface area contributed by atoms with Gasteiger partial charge in [0.15, 0.2) is 0 Å². The third-order valence-corrected chi connectivity index (χ3v) is 4.80. The summed E-state index contributed by atoms with van der Waals surface area (Å²) in [6.07, 6.45) is 2.55. The zero-order valence-electron chi connectivity index (χ0n) is 8.98. The van der Waals surface area contributed by atoms with Gasteiger partial charge in [0.2, 0.25) is 0 Å². The van der Waals surface area contributed by atoms with E-state index in [1.54, 1.807) is 11.5 Å². The number of anilines is 1. The monoisotopic (exact) mass is 250 g/mol. The highest BCUT2D eigenvalue weighted by Gasteiger charge is 2.15. The molecule has 1 aliphatic rings. The summed E-state index contributed by atoms with van der Waals surface area (Å²) in [7, 11) is 0. The van der Waals surface area contributed by atoms with E-state index in [4.69, 9.17) is 0 Å². The molecular weight excluding hydrogens is 236 g/mol. The van der Waals surface area contributed by atoms with Gasteiger partial charge >= 0.3 is 0 Å². The average molecular weight is 250 g/mol. The van der Waals surface area contributed by atoms with Crippen LogP contribution in [0.3, 0.4) is 0 Å². The van der Waals surface area contributed by atoms with Gasteiger partial charge in [-0.05, 0) is 48.0 Å². The van der Waals surface area contributed by atoms with Crippen molar-refractivity contribution in [3.05, 3.63) is 24.3 Å². The van der Waals surface area contributed by atoms with Gasteiger partial charge in [0.05, 0.1) is 5.52 Å². The minimum atomic E-state index is 0.644. The number of benzene rings is 1. The van der Waals surface area contributed by atoms with Crippen LogP contribution in [0.15, 0.2) is 24.3 Å². The average Bonchev–Trinajstić information content (AvgIpc) is 2.74. The topological polar surface area (TPSA) is 24.9 Å². The number of rotatable bonds is 2. The van der Waals surface area contributed by atoms with E-state index >= 15 is 0 Å². The summed E-state index contributed by atoms with van der Waals surface area (Å²) < 4.78 is 4.46. The molecule has 0 atom stereocenters. The van der Waals surface area contributed by atoms with Crippen LogP contribution >= 0.6 is 23.3 Å². The molecule has 0 unspecified atom stereocenters. The molecule has 3 rings (SSSR count). The molecule has 1 fully saturated rings. The Bertz CT molecular complexity index is 475. The lowest BCUT2D eigenvalue weighted by atomic mass is 10.1. The van der Waals surface area contributed by atoms with E-state index in [2.05, 4.69) is 39.7 Å². The Balaban J connectivity index is 1.83. The molecule has 16 heavy (non-hydrogen) atoms. The van der Waals surface area contributed by atoms with Gasteiger partial charge in [0, 0.05) is 11.4 Å². The van der Waals surface area contributed by atoms with E-state index in [1.165, 1.54) is 34.7 Å². The Kier molecular flexibility index (Phi) is 3.02. The molecule has 2 heterocycles. The number of aromatic nitrogens is 1. The Morgan fingerprint density at radius 1 is 1.19 bits per heavy atom. The van der Waals surface area contributed by atoms with Crippen LogP contribution < -0.4 is 5.32 Å². The fourth-order valence-corrected chi connectivity index (χ4v) is 3.97. The van der Waals surface area contributed by atoms with Crippen LogP contribution in [0.25, 0.3) is 10.9 Å². The lowest BCUT2D eigenvalue weighted by Crippen LogP contribution is -2.23. The zero-order valence-corrected chi connectivity index (χ0v) is 10.6. The van der Waals surface area contributed by atoms with Crippen LogP contribution in [0.4, 0.5) is 5.00 Å². The number of nitrogens with one attached hydrogen (secondary N) is 1. The smallest absolute Gasteiger partial charge is 0.117 e. The second-order valence-corrected chi connectivity index (χ2v) is 6.06. The molecular formula is C12H14N2S2. The summed E-state index contributed by atoms with van der Waals surface area (Å²) in [5.74, 6) is 2.57. The van der Waals surface area contributed by atoms with Crippen molar-refractivity contribution >= 4 is 39.2 Å². The van der Waals surface area contributed by atoms with Crippen molar-refractivity contribution in [2.24, 2.45) is 0 Å². The van der Waals surface area contributed by atoms with Crippen molar-refractivity contribution in [2.75, 3.05) is 16.8 Å². The summed E-state index contributed by atoms with van der Waals surface area (Å²) in [6, 6.07) is 9.00. The first kappa shape index (κ1) is 10.4. The molecule has 2 aromatic rings. The van der Waals surface area contributed by atoms with Gasteiger partial charge < -0.3 is 5.32 Å². The van der Waals surface area contributed by atoms with Gasteiger partial charge in [-0.15, -0.1) is 0 Å². The maximum Gasteiger partial charge on any atom is 0.117 e. The molecule has 1 aliphatic heterocycles. The van der Waals surface area contributed by atoms with Crippen LogP contribution in [0, 0.1) is 0 Å². The second-order valence-electron chi connectivity index (χ2n) is 4.06. The molecule has 1 saturated heterocycles. The summed E-state index contributed by atoms with van der Waals surface area (Å²) in [5, 5.41) is 6.16. The van der Waals surface area contributed by atoms with E-state index in [9.17, 15) is 0 Å². The van der Waals surface area contributed by atoms with Gasteiger partial charge in [0.1, 0.15) is 5.00 Å². The highest BCUT2D eigenvalue weighted by molar-refractivity contribution is 7.99. The number of nitrogens with zero attached hydrogens (tertiary/aromatic N) is 1. The lowest BCUT2D eigenvalue weighted by Gasteiger charge is -2.22. The molecule has 0 radical (unpaired) electrons. The number of fused-ring (bicyclic) bond motifs is 1. The first-order valence-electron chi connectivity index (χ1n) is 5.62. The van der Waals surface area contributed by atoms with Crippen LogP contribution in [0.2, 0.25) is 0 Å². The minimum Gasteiger partial charge on any atom is -0.372 e. The quantitative estimate of drug-likeness (QED) is 0.881. The normalized spacial score (nSPS) is 17.8. The first-order valence-corrected chi connectivity index (χ1v) is 7.55. The second kappa shape index (κ2) is 4.63. The third-order valence-electron chi connectivity index (χ3n) is 2.94. The Morgan fingerprint density at radius 2 is 2.00 bits per heavy atom. The molecule has 1 N–H and O–H groups in total. The zero-order chi connectivity index (χ0) is 10.8. The Labute approximate surface area is 104 Å². The Morgan fingerprint density at radius 3 is 2.88 bits per heavy atom. The van der Waals surface area contributed by atoms with Crippen LogP contribution in [-0.4, -0.2) is 21.9 Å². The van der Waals surface area contributed by atoms with Crippen LogP contribution in [0.5, 0.6) is 0 Å². The SMILES string of the molecule is c1ccc2c(NC3CCSCC3)snc2c1. The van der Waals surface area contributed by atoms with Crippen molar-refractivity contribution in [1.82, 2.24) is 4.37 Å². The largest absolute Gasteiger partial charge is 0.372 e. The molecule has 0 aliphatic carbocycles. The summed E-state index contributed by atoms with van der Waals surface area (Å²) in [6.45, 7) is 0. The van der Waals surface area contributed by atoms with E-state index in [0.717, 1.165) is 5.52 Å². The first-order chi connectivity index (χ1) is 7.93. The molecule has 4 heteroatoms. The van der Waals surface area contributed by atoms with Crippen molar-refractivity contribution in [2.45, 2.75) is 18.9 Å². The summed E-state index contributed by atoms with van der Waals surface area (Å²) >= 11 is 3.65. The summed E-state index contributed by atoms with van der Waals surface area (Å²) in [4.78, 5) is 0. The van der Waals surface area contributed by atoms with E-state index in [0.29, 0.717) is 6.04 Å². The standard InChI is InChI=1S/C12H14N2S2/c1-2-4-11-10(3-1)12(16-14-11)13-9-5-7-15-8-6-9/h1-4,9,13H,5-8H2. The number of hydrogen-bond donors (Lipinski definition) is 1. The minimum absolute atomic E-state index is 0.644. The van der Waals surface area contributed by atoms with Crippen LogP contribution in [0.1, 0.15) is 12.8 Å². The molecule has 84 valence electrons. The van der Waals surface area contributed by atoms with Gasteiger partial charge in [0.25, 0.3) is 0 Å². The maximum atomic E-state index is 4.46. The van der Waals surface area contributed by atoms with Crippen molar-refractivity contribution in [1.29, 1.82) is 0 Å². The van der Waals surface area contributed by atoms with E-state index < -0.39 is 0 Å². The third kappa shape index (κ3) is 2.04. The highest BCUT2D eigenvalue weighted by Crippen LogP contribution is 2.30. The number of hydrogen-bond acceptors (Lipinski definition) is 4. The predicted molar refractivity (Wildman–Crippen MR) is 73.6 cm³/mol. The van der Waals surface area contributed by atoms with E-state index in [-0.39, 0.29) is 0 Å². The fourth-order valence-electron chi connectivity index (χ4n) is 2.02. The van der Waals surface area contributed by atoms with Gasteiger partial charge in [-0.25, -0.2) is 0 Å². The molecule has 1 aromatic carbocycles. The molecule has 0 spiro atoms. The molecule has 0 amide bonds.